The van der Waals surface area contributed by atoms with Crippen LogP contribution in [0.3, 0.4) is 0 Å². The fourth-order valence-electron chi connectivity index (χ4n) is 8.25. The Morgan fingerprint density at radius 3 is 2.39 bits per heavy atom. The lowest BCUT2D eigenvalue weighted by atomic mass is 9.88. The Balaban J connectivity index is 0.745. The highest BCUT2D eigenvalue weighted by molar-refractivity contribution is 6.33. The molecule has 2 aromatic carbocycles. The highest BCUT2D eigenvalue weighted by Gasteiger charge is 2.27. The van der Waals surface area contributed by atoms with E-state index in [0.717, 1.165) is 92.3 Å². The molecule has 3 aromatic heterocycles. The lowest BCUT2D eigenvalue weighted by molar-refractivity contribution is 0.120. The van der Waals surface area contributed by atoms with Crippen LogP contribution in [0.5, 0.6) is 0 Å². The van der Waals surface area contributed by atoms with Gasteiger partial charge < -0.3 is 20.1 Å². The standard InChI is InChI=1S/C39H46ClN9O2/c40-34-24-42-38(45-37(34)33-23-41-35-4-2-1-3-32(33)35)43-30-13-19-48(26-30)22-21-46-15-9-27(10-16-46)25-47-17-11-29(12-18-47)28-5-7-31(8-6-28)49-20-14-36(50)44-39(49)51/h1-8,14,20,23-24,27,29-30,41H,9-13,15-19,21-22,25-26H2,(H,42,43,45)(H,44,50,51). The third-order valence-electron chi connectivity index (χ3n) is 11.2. The Morgan fingerprint density at radius 1 is 0.843 bits per heavy atom. The van der Waals surface area contributed by atoms with Crippen LogP contribution >= 0.6 is 11.6 Å². The minimum atomic E-state index is -0.411. The van der Waals surface area contributed by atoms with Gasteiger partial charge in [-0.1, -0.05) is 41.9 Å². The molecule has 3 N–H and O–H groups in total. The number of hydrogen-bond donors (Lipinski definition) is 3. The third kappa shape index (κ3) is 7.82. The van der Waals surface area contributed by atoms with Gasteiger partial charge in [0.2, 0.25) is 5.95 Å². The number of nitrogens with zero attached hydrogens (tertiary/aromatic N) is 6. The van der Waals surface area contributed by atoms with Crippen molar-refractivity contribution in [3.05, 3.63) is 105 Å². The molecule has 3 aliphatic rings. The van der Waals surface area contributed by atoms with Crippen LogP contribution in [0, 0.1) is 5.92 Å². The van der Waals surface area contributed by atoms with Crippen molar-refractivity contribution in [2.45, 2.75) is 44.1 Å². The summed E-state index contributed by atoms with van der Waals surface area (Å²) in [6, 6.07) is 18.1. The lowest BCUT2D eigenvalue weighted by Crippen LogP contribution is -2.43. The SMILES string of the molecule is O=c1ccn(-c2ccc(C3CCN(CC4CCN(CCN5CCC(Nc6ncc(Cl)c(-c7c[nH]c8ccccc78)n6)C5)CC4)CC3)cc2)c(=O)[nH]1. The van der Waals surface area contributed by atoms with E-state index in [1.807, 2.05) is 30.5 Å². The van der Waals surface area contributed by atoms with Crippen molar-refractivity contribution in [2.75, 3.05) is 64.2 Å². The molecule has 0 radical (unpaired) electrons. The summed E-state index contributed by atoms with van der Waals surface area (Å²) >= 11 is 6.56. The van der Waals surface area contributed by atoms with E-state index in [-0.39, 0.29) is 5.56 Å². The molecule has 51 heavy (non-hydrogen) atoms. The zero-order valence-corrected chi connectivity index (χ0v) is 29.7. The molecule has 0 aliphatic carbocycles. The second-order valence-corrected chi connectivity index (χ2v) is 14.9. The predicted octanol–water partition coefficient (Wildman–Crippen LogP) is 5.20. The van der Waals surface area contributed by atoms with E-state index in [0.29, 0.717) is 22.9 Å². The number of para-hydroxylation sites is 1. The number of aromatic amines is 2. The van der Waals surface area contributed by atoms with Crippen molar-refractivity contribution in [1.29, 1.82) is 0 Å². The molecular weight excluding hydrogens is 662 g/mol. The Morgan fingerprint density at radius 2 is 1.59 bits per heavy atom. The molecule has 11 nitrogen and oxygen atoms in total. The molecule has 0 bridgehead atoms. The van der Waals surface area contributed by atoms with Crippen LogP contribution in [0.1, 0.15) is 43.6 Å². The quantitative estimate of drug-likeness (QED) is 0.182. The van der Waals surface area contributed by atoms with Gasteiger partial charge in [0.1, 0.15) is 0 Å². The smallest absolute Gasteiger partial charge is 0.332 e. The number of H-pyrrole nitrogens is 2. The number of nitrogens with one attached hydrogen (secondary N) is 3. The number of likely N-dealkylation sites (tertiary alicyclic amines) is 3. The van der Waals surface area contributed by atoms with Crippen molar-refractivity contribution in [2.24, 2.45) is 5.92 Å². The molecular formula is C39H46ClN9O2. The Bertz CT molecular complexity index is 2060. The van der Waals surface area contributed by atoms with Crippen molar-refractivity contribution >= 4 is 28.5 Å². The molecule has 0 spiro atoms. The molecule has 266 valence electrons. The first-order valence-electron chi connectivity index (χ1n) is 18.4. The summed E-state index contributed by atoms with van der Waals surface area (Å²) in [5.41, 5.74) is 4.12. The first kappa shape index (κ1) is 33.8. The van der Waals surface area contributed by atoms with Gasteiger partial charge in [-0.05, 0) is 93.9 Å². The van der Waals surface area contributed by atoms with Crippen molar-refractivity contribution in [3.8, 4) is 16.9 Å². The van der Waals surface area contributed by atoms with E-state index in [1.165, 1.54) is 54.9 Å². The van der Waals surface area contributed by atoms with Gasteiger partial charge in [-0.25, -0.2) is 14.8 Å². The minimum Gasteiger partial charge on any atom is -0.360 e. The fraction of sp³-hybridized carbons (Fsp3) is 0.436. The van der Waals surface area contributed by atoms with Gasteiger partial charge in [-0.15, -0.1) is 0 Å². The maximum atomic E-state index is 12.1. The normalized spacial score (nSPS) is 20.0. The summed E-state index contributed by atoms with van der Waals surface area (Å²) in [5.74, 6) is 1.96. The van der Waals surface area contributed by atoms with Crippen LogP contribution in [-0.4, -0.2) is 104 Å². The van der Waals surface area contributed by atoms with Gasteiger partial charge in [-0.3, -0.25) is 19.2 Å². The van der Waals surface area contributed by atoms with Crippen LogP contribution in [0.15, 0.2) is 82.8 Å². The number of benzene rings is 2. The lowest BCUT2D eigenvalue weighted by Gasteiger charge is -2.38. The van der Waals surface area contributed by atoms with Gasteiger partial charge in [0.25, 0.3) is 5.56 Å². The van der Waals surface area contributed by atoms with E-state index < -0.39 is 5.69 Å². The highest BCUT2D eigenvalue weighted by Crippen LogP contribution is 2.33. The van der Waals surface area contributed by atoms with Crippen LogP contribution in [0.4, 0.5) is 5.95 Å². The largest absolute Gasteiger partial charge is 0.360 e. The number of anilines is 1. The van der Waals surface area contributed by atoms with Gasteiger partial charge in [0.05, 0.1) is 22.6 Å². The van der Waals surface area contributed by atoms with E-state index >= 15 is 0 Å². The number of aromatic nitrogens is 5. The average Bonchev–Trinajstić information content (AvgIpc) is 3.80. The molecule has 12 heteroatoms. The van der Waals surface area contributed by atoms with Crippen molar-refractivity contribution in [3.63, 3.8) is 0 Å². The first-order chi connectivity index (χ1) is 24.9. The molecule has 3 fully saturated rings. The fourth-order valence-corrected chi connectivity index (χ4v) is 8.44. The molecule has 0 saturated carbocycles. The summed E-state index contributed by atoms with van der Waals surface area (Å²) in [6.45, 7) is 10.2. The molecule has 3 aliphatic heterocycles. The van der Waals surface area contributed by atoms with Gasteiger partial charge >= 0.3 is 5.69 Å². The zero-order chi connectivity index (χ0) is 34.7. The molecule has 6 heterocycles. The van der Waals surface area contributed by atoms with Crippen LogP contribution in [0.25, 0.3) is 27.8 Å². The summed E-state index contributed by atoms with van der Waals surface area (Å²) < 4.78 is 1.47. The van der Waals surface area contributed by atoms with Crippen LogP contribution in [0.2, 0.25) is 5.02 Å². The van der Waals surface area contributed by atoms with E-state index in [9.17, 15) is 9.59 Å². The predicted molar refractivity (Wildman–Crippen MR) is 203 cm³/mol. The zero-order valence-electron chi connectivity index (χ0n) is 28.9. The van der Waals surface area contributed by atoms with Crippen molar-refractivity contribution < 1.29 is 0 Å². The van der Waals surface area contributed by atoms with E-state index in [4.69, 9.17) is 16.6 Å². The Labute approximate surface area is 302 Å². The second-order valence-electron chi connectivity index (χ2n) is 14.5. The number of rotatable bonds is 10. The number of piperidine rings is 2. The number of halogens is 1. The highest BCUT2D eigenvalue weighted by atomic mass is 35.5. The average molecular weight is 708 g/mol. The third-order valence-corrected chi connectivity index (χ3v) is 11.5. The van der Waals surface area contributed by atoms with Gasteiger partial charge in [-0.2, -0.15) is 0 Å². The first-order valence-corrected chi connectivity index (χ1v) is 18.8. The maximum Gasteiger partial charge on any atom is 0.332 e. The molecule has 1 unspecified atom stereocenters. The minimum absolute atomic E-state index is 0.324. The number of fused-ring (bicyclic) bond motifs is 1. The summed E-state index contributed by atoms with van der Waals surface area (Å²) in [6.07, 6.45) is 11.2. The topological polar surface area (TPSA) is 118 Å². The molecule has 3 saturated heterocycles. The molecule has 0 amide bonds. The van der Waals surface area contributed by atoms with Crippen LogP contribution < -0.4 is 16.6 Å². The van der Waals surface area contributed by atoms with Crippen LogP contribution in [-0.2, 0) is 0 Å². The van der Waals surface area contributed by atoms with Gasteiger partial charge in [0, 0.05) is 73.7 Å². The second kappa shape index (κ2) is 15.1. The van der Waals surface area contributed by atoms with E-state index in [1.54, 1.807) is 6.20 Å². The molecule has 1 atom stereocenters. The van der Waals surface area contributed by atoms with E-state index in [2.05, 4.69) is 59.2 Å². The van der Waals surface area contributed by atoms with Gasteiger partial charge in [0.15, 0.2) is 0 Å². The summed E-state index contributed by atoms with van der Waals surface area (Å²) in [4.78, 5) is 46.4. The van der Waals surface area contributed by atoms with Crippen molar-refractivity contribution in [1.82, 2.24) is 39.2 Å². The number of hydrogen-bond acceptors (Lipinski definition) is 8. The monoisotopic (exact) mass is 707 g/mol. The summed E-state index contributed by atoms with van der Waals surface area (Å²) in [5, 5.41) is 5.24. The maximum absolute atomic E-state index is 12.1. The Kier molecular flexibility index (Phi) is 10.0. The summed E-state index contributed by atoms with van der Waals surface area (Å²) in [7, 11) is 0. The Hall–Kier alpha value is -4.29. The molecule has 5 aromatic rings. The molecule has 8 rings (SSSR count).